The minimum atomic E-state index is -0.346. The first-order valence-corrected chi connectivity index (χ1v) is 8.83. The molecule has 5 heteroatoms. The van der Waals surface area contributed by atoms with Crippen LogP contribution in [0.1, 0.15) is 24.0 Å². The maximum absolute atomic E-state index is 13.0. The number of hydrogen-bond donors (Lipinski definition) is 0. The quantitative estimate of drug-likeness (QED) is 0.787. The van der Waals surface area contributed by atoms with Crippen LogP contribution in [0.4, 0.5) is 5.69 Å². The van der Waals surface area contributed by atoms with Gasteiger partial charge in [0.2, 0.25) is 5.91 Å². The summed E-state index contributed by atoms with van der Waals surface area (Å²) in [6.45, 7) is 1.28. The van der Waals surface area contributed by atoms with Crippen LogP contribution in [0.25, 0.3) is 11.1 Å². The highest BCUT2D eigenvalue weighted by Crippen LogP contribution is 2.38. The molecule has 0 spiro atoms. The van der Waals surface area contributed by atoms with Crippen LogP contribution in [0, 0.1) is 22.8 Å². The molecule has 2 heterocycles. The van der Waals surface area contributed by atoms with E-state index in [0.29, 0.717) is 18.7 Å². The van der Waals surface area contributed by atoms with Crippen molar-refractivity contribution in [1.29, 1.82) is 10.5 Å². The van der Waals surface area contributed by atoms with E-state index in [0.717, 1.165) is 41.6 Å². The molecule has 5 nitrogen and oxygen atoms in total. The number of benzene rings is 2. The number of anilines is 1. The van der Waals surface area contributed by atoms with E-state index in [1.54, 1.807) is 4.90 Å². The van der Waals surface area contributed by atoms with Gasteiger partial charge in [-0.2, -0.15) is 10.5 Å². The predicted octanol–water partition coefficient (Wildman–Crippen LogP) is 3.06. The Kier molecular flexibility index (Phi) is 4.07. The average molecular weight is 342 g/mol. The first-order chi connectivity index (χ1) is 12.7. The Bertz CT molecular complexity index is 953. The third-order valence-electron chi connectivity index (χ3n) is 5.30. The first-order valence-electron chi connectivity index (χ1n) is 8.83. The van der Waals surface area contributed by atoms with Gasteiger partial charge in [0.05, 0.1) is 11.6 Å². The van der Waals surface area contributed by atoms with Gasteiger partial charge in [0.1, 0.15) is 6.04 Å². The van der Waals surface area contributed by atoms with Crippen molar-refractivity contribution in [1.82, 2.24) is 4.90 Å². The third-order valence-corrected chi connectivity index (χ3v) is 5.30. The van der Waals surface area contributed by atoms with E-state index >= 15 is 0 Å². The van der Waals surface area contributed by atoms with Crippen molar-refractivity contribution >= 4 is 11.6 Å². The molecule has 4 rings (SSSR count). The molecule has 2 aromatic rings. The number of rotatable bonds is 2. The third kappa shape index (κ3) is 2.50. The van der Waals surface area contributed by atoms with Gasteiger partial charge in [-0.25, -0.2) is 0 Å². The van der Waals surface area contributed by atoms with Crippen LogP contribution in [0.2, 0.25) is 0 Å². The van der Waals surface area contributed by atoms with Gasteiger partial charge in [-0.1, -0.05) is 30.3 Å². The summed E-state index contributed by atoms with van der Waals surface area (Å²) in [4.78, 5) is 16.4. The number of hydrogen-bond acceptors (Lipinski definition) is 4. The highest BCUT2D eigenvalue weighted by Gasteiger charge is 2.36. The molecule has 2 aliphatic heterocycles. The average Bonchev–Trinajstić information content (AvgIpc) is 3.34. The van der Waals surface area contributed by atoms with Crippen molar-refractivity contribution in [3.05, 3.63) is 53.6 Å². The Balaban J connectivity index is 1.72. The molecule has 0 aromatic heterocycles. The molecule has 0 unspecified atom stereocenters. The molecular formula is C21H18N4O. The minimum absolute atomic E-state index is 0.00789. The van der Waals surface area contributed by atoms with Crippen LogP contribution >= 0.6 is 0 Å². The van der Waals surface area contributed by atoms with Crippen molar-refractivity contribution in [2.45, 2.75) is 25.3 Å². The molecule has 0 saturated carbocycles. The van der Waals surface area contributed by atoms with E-state index in [4.69, 9.17) is 0 Å². The SMILES string of the molecule is N#Cc1ccccc1-c1cccc2c1CCN2C(=O)[C@@H]1CCCN1C#N. The summed E-state index contributed by atoms with van der Waals surface area (Å²) in [7, 11) is 0. The molecule has 0 radical (unpaired) electrons. The van der Waals surface area contributed by atoms with Gasteiger partial charge in [0, 0.05) is 18.8 Å². The number of nitriles is 2. The lowest BCUT2D eigenvalue weighted by Crippen LogP contribution is -2.43. The summed E-state index contributed by atoms with van der Waals surface area (Å²) in [6, 6.07) is 15.4. The second-order valence-corrected chi connectivity index (χ2v) is 6.65. The van der Waals surface area contributed by atoms with E-state index in [9.17, 15) is 15.3 Å². The zero-order valence-electron chi connectivity index (χ0n) is 14.4. The second kappa shape index (κ2) is 6.54. The van der Waals surface area contributed by atoms with Crippen LogP contribution in [0.5, 0.6) is 0 Å². The van der Waals surface area contributed by atoms with Crippen LogP contribution in [-0.2, 0) is 11.2 Å². The molecule has 1 fully saturated rings. The molecule has 2 aromatic carbocycles. The summed E-state index contributed by atoms with van der Waals surface area (Å²) in [6.07, 6.45) is 4.51. The molecule has 1 amide bonds. The molecule has 0 aliphatic carbocycles. The number of fused-ring (bicyclic) bond motifs is 1. The number of carbonyl (C=O) groups is 1. The fourth-order valence-electron chi connectivity index (χ4n) is 4.05. The van der Waals surface area contributed by atoms with Crippen LogP contribution in [0.15, 0.2) is 42.5 Å². The largest absolute Gasteiger partial charge is 0.310 e. The minimum Gasteiger partial charge on any atom is -0.310 e. The second-order valence-electron chi connectivity index (χ2n) is 6.65. The lowest BCUT2D eigenvalue weighted by molar-refractivity contribution is -0.121. The fourth-order valence-corrected chi connectivity index (χ4v) is 4.05. The Labute approximate surface area is 152 Å². The Morgan fingerprint density at radius 3 is 2.65 bits per heavy atom. The van der Waals surface area contributed by atoms with Crippen LogP contribution in [-0.4, -0.2) is 29.9 Å². The zero-order chi connectivity index (χ0) is 18.1. The molecule has 26 heavy (non-hydrogen) atoms. The van der Waals surface area contributed by atoms with Gasteiger partial charge in [0.25, 0.3) is 0 Å². The number of nitrogens with zero attached hydrogens (tertiary/aromatic N) is 4. The summed E-state index contributed by atoms with van der Waals surface area (Å²) >= 11 is 0. The van der Waals surface area contributed by atoms with Crippen molar-refractivity contribution in [3.8, 4) is 23.4 Å². The van der Waals surface area contributed by atoms with Crippen molar-refractivity contribution in [2.24, 2.45) is 0 Å². The highest BCUT2D eigenvalue weighted by molar-refractivity contribution is 6.00. The van der Waals surface area contributed by atoms with Crippen molar-refractivity contribution in [2.75, 3.05) is 18.0 Å². The number of carbonyl (C=O) groups excluding carboxylic acids is 1. The van der Waals surface area contributed by atoms with Gasteiger partial charge < -0.3 is 4.90 Å². The predicted molar refractivity (Wildman–Crippen MR) is 98.0 cm³/mol. The lowest BCUT2D eigenvalue weighted by atomic mass is 9.94. The fraction of sp³-hybridized carbons (Fsp3) is 0.286. The number of likely N-dealkylation sites (tertiary alicyclic amines) is 1. The Morgan fingerprint density at radius 2 is 1.85 bits per heavy atom. The van der Waals surface area contributed by atoms with Gasteiger partial charge in [0.15, 0.2) is 6.19 Å². The molecule has 2 aliphatic rings. The van der Waals surface area contributed by atoms with Crippen LogP contribution < -0.4 is 4.90 Å². The van der Waals surface area contributed by atoms with Crippen molar-refractivity contribution < 1.29 is 4.79 Å². The normalized spacial score (nSPS) is 18.3. The maximum atomic E-state index is 13.0. The Morgan fingerprint density at radius 1 is 1.04 bits per heavy atom. The van der Waals surface area contributed by atoms with Gasteiger partial charge >= 0.3 is 0 Å². The highest BCUT2D eigenvalue weighted by atomic mass is 16.2. The molecule has 1 saturated heterocycles. The topological polar surface area (TPSA) is 71.1 Å². The van der Waals surface area contributed by atoms with Gasteiger partial charge in [-0.05, 0) is 48.1 Å². The van der Waals surface area contributed by atoms with E-state index in [2.05, 4.69) is 12.3 Å². The van der Waals surface area contributed by atoms with Gasteiger partial charge in [-0.3, -0.25) is 9.69 Å². The molecular weight excluding hydrogens is 324 g/mol. The zero-order valence-corrected chi connectivity index (χ0v) is 14.4. The number of amides is 1. The summed E-state index contributed by atoms with van der Waals surface area (Å²) in [5.74, 6) is 0.00789. The van der Waals surface area contributed by atoms with Crippen LogP contribution in [0.3, 0.4) is 0 Å². The summed E-state index contributed by atoms with van der Waals surface area (Å²) < 4.78 is 0. The lowest BCUT2D eigenvalue weighted by Gasteiger charge is -2.25. The molecule has 1 atom stereocenters. The summed E-state index contributed by atoms with van der Waals surface area (Å²) in [5, 5.41) is 18.7. The molecule has 128 valence electrons. The van der Waals surface area contributed by atoms with E-state index in [-0.39, 0.29) is 11.9 Å². The monoisotopic (exact) mass is 342 g/mol. The molecule has 0 bridgehead atoms. The summed E-state index contributed by atoms with van der Waals surface area (Å²) in [5.41, 5.74) is 4.56. The standard InChI is InChI=1S/C21H18N4O/c22-13-15-5-1-2-6-16(15)17-7-3-8-19-18(17)10-12-25(19)21(26)20-9-4-11-24(20)14-23/h1-3,5-8,20H,4,9-12H2/t20-/m0/s1. The van der Waals surface area contributed by atoms with E-state index < -0.39 is 0 Å². The van der Waals surface area contributed by atoms with E-state index in [1.807, 2.05) is 47.4 Å². The Hall–Kier alpha value is -3.31. The van der Waals surface area contributed by atoms with Crippen molar-refractivity contribution in [3.63, 3.8) is 0 Å². The molecule has 0 N–H and O–H groups in total. The van der Waals surface area contributed by atoms with Gasteiger partial charge in [-0.15, -0.1) is 0 Å². The maximum Gasteiger partial charge on any atom is 0.250 e. The van der Waals surface area contributed by atoms with E-state index in [1.165, 1.54) is 0 Å². The first kappa shape index (κ1) is 16.2. The smallest absolute Gasteiger partial charge is 0.250 e.